The van der Waals surface area contributed by atoms with Gasteiger partial charge < -0.3 is 14.8 Å². The monoisotopic (exact) mass is 418 g/mol. The molecule has 4 rings (SSSR count). The van der Waals surface area contributed by atoms with E-state index in [2.05, 4.69) is 32.9 Å². The minimum absolute atomic E-state index is 0.195. The second-order valence-electron chi connectivity index (χ2n) is 6.68. The van der Waals surface area contributed by atoms with Crippen molar-refractivity contribution in [3.05, 3.63) is 95.2 Å². The Labute approximate surface area is 179 Å². The smallest absolute Gasteiger partial charge is 0.255 e. The number of allylic oxidation sites excluding steroid dienone is 5. The summed E-state index contributed by atoms with van der Waals surface area (Å²) in [4.78, 5) is 12.7. The van der Waals surface area contributed by atoms with Gasteiger partial charge in [-0.3, -0.25) is 8.75 Å². The number of carbonyl (C=O) groups is 1. The van der Waals surface area contributed by atoms with Crippen LogP contribution in [0.1, 0.15) is 22.5 Å². The Morgan fingerprint density at radius 3 is 2.57 bits per heavy atom. The maximum absolute atomic E-state index is 12.7. The SMILES string of the molecule is COc1ccc(C(=O)NC2=CCC(c3csn3-c3ccccc3)=CC=C2)cc1OC. The van der Waals surface area contributed by atoms with E-state index >= 15 is 0 Å². The molecule has 5 nitrogen and oxygen atoms in total. The zero-order chi connectivity index (χ0) is 20.9. The van der Waals surface area contributed by atoms with Crippen LogP contribution in [-0.4, -0.2) is 24.1 Å². The van der Waals surface area contributed by atoms with E-state index in [-0.39, 0.29) is 5.91 Å². The fraction of sp³-hybridized carbons (Fsp3) is 0.125. The van der Waals surface area contributed by atoms with Gasteiger partial charge in [-0.05, 0) is 48.4 Å². The highest BCUT2D eigenvalue weighted by molar-refractivity contribution is 7.06. The molecule has 0 saturated heterocycles. The molecule has 0 spiro atoms. The molecule has 1 amide bonds. The molecule has 1 aromatic heterocycles. The Kier molecular flexibility index (Phi) is 5.86. The summed E-state index contributed by atoms with van der Waals surface area (Å²) in [6.07, 6.45) is 8.72. The molecule has 1 aliphatic carbocycles. The Morgan fingerprint density at radius 2 is 1.87 bits per heavy atom. The molecule has 0 radical (unpaired) electrons. The lowest BCUT2D eigenvalue weighted by atomic mass is 10.1. The number of methoxy groups -OCH3 is 2. The molecule has 1 aliphatic rings. The zero-order valence-corrected chi connectivity index (χ0v) is 17.6. The van der Waals surface area contributed by atoms with Crippen LogP contribution < -0.4 is 14.8 Å². The summed E-state index contributed by atoms with van der Waals surface area (Å²) in [5, 5.41) is 5.12. The number of ether oxygens (including phenoxy) is 2. The molecule has 6 heteroatoms. The van der Waals surface area contributed by atoms with Crippen molar-refractivity contribution in [1.82, 2.24) is 9.27 Å². The maximum Gasteiger partial charge on any atom is 0.255 e. The number of benzene rings is 2. The van der Waals surface area contributed by atoms with E-state index in [0.717, 1.165) is 17.8 Å². The van der Waals surface area contributed by atoms with Gasteiger partial charge in [0.2, 0.25) is 0 Å². The fourth-order valence-corrected chi connectivity index (χ4v) is 4.04. The van der Waals surface area contributed by atoms with Gasteiger partial charge in [0, 0.05) is 16.6 Å². The first-order chi connectivity index (χ1) is 14.7. The third-order valence-corrected chi connectivity index (χ3v) is 5.77. The van der Waals surface area contributed by atoms with Crippen LogP contribution in [-0.2, 0) is 0 Å². The van der Waals surface area contributed by atoms with Crippen LogP contribution in [0.15, 0.2) is 83.9 Å². The number of nitrogens with zero attached hydrogens (tertiary/aromatic N) is 1. The predicted molar refractivity (Wildman–Crippen MR) is 120 cm³/mol. The summed E-state index contributed by atoms with van der Waals surface area (Å²) < 4.78 is 12.7. The van der Waals surface area contributed by atoms with Crippen LogP contribution >= 0.6 is 11.5 Å². The molecule has 0 aliphatic heterocycles. The molecule has 0 saturated carbocycles. The molecule has 0 fully saturated rings. The third kappa shape index (κ3) is 4.09. The Morgan fingerprint density at radius 1 is 1.07 bits per heavy atom. The average molecular weight is 419 g/mol. The Bertz CT molecular complexity index is 1140. The van der Waals surface area contributed by atoms with Crippen LogP contribution in [0, 0.1) is 0 Å². The minimum atomic E-state index is -0.195. The molecule has 0 atom stereocenters. The molecular formula is C24H22N2O3S. The first-order valence-corrected chi connectivity index (χ1v) is 10.4. The Hall–Kier alpha value is -3.51. The van der Waals surface area contributed by atoms with Crippen molar-refractivity contribution in [2.75, 3.05) is 14.2 Å². The van der Waals surface area contributed by atoms with Crippen molar-refractivity contribution < 1.29 is 14.3 Å². The summed E-state index contributed by atoms with van der Waals surface area (Å²) in [6, 6.07) is 15.4. The van der Waals surface area contributed by atoms with Crippen LogP contribution in [0.2, 0.25) is 0 Å². The normalized spacial score (nSPS) is 13.3. The van der Waals surface area contributed by atoms with Crippen LogP contribution in [0.4, 0.5) is 0 Å². The van der Waals surface area contributed by atoms with Crippen molar-refractivity contribution in [2.45, 2.75) is 6.42 Å². The summed E-state index contributed by atoms with van der Waals surface area (Å²) in [6.45, 7) is 0. The van der Waals surface area contributed by atoms with Crippen LogP contribution in [0.25, 0.3) is 11.3 Å². The predicted octanol–water partition coefficient (Wildman–Crippen LogP) is 5.21. The summed E-state index contributed by atoms with van der Waals surface area (Å²) >= 11 is 1.68. The van der Waals surface area contributed by atoms with Gasteiger partial charge in [-0.1, -0.05) is 48.0 Å². The quantitative estimate of drug-likeness (QED) is 0.598. The summed E-state index contributed by atoms with van der Waals surface area (Å²) in [7, 11) is 3.12. The molecule has 1 N–H and O–H groups in total. The second kappa shape index (κ2) is 8.88. The highest BCUT2D eigenvalue weighted by Crippen LogP contribution is 2.30. The zero-order valence-electron chi connectivity index (χ0n) is 16.8. The van der Waals surface area contributed by atoms with Gasteiger partial charge in [0.15, 0.2) is 11.5 Å². The summed E-state index contributed by atoms with van der Waals surface area (Å²) in [5.74, 6) is 0.917. The van der Waals surface area contributed by atoms with Crippen LogP contribution in [0.3, 0.4) is 0 Å². The molecule has 2 aromatic carbocycles. The standard InChI is InChI=1S/C24H22N2O3S/c1-28-22-14-12-18(15-23(22)29-2)24(27)25-19-8-6-7-17(11-13-19)21-16-30-26(21)20-9-4-3-5-10-20/h3-10,12-16H,11H2,1-2H3,(H,25,27). The van der Waals surface area contributed by atoms with Gasteiger partial charge in [0.1, 0.15) is 0 Å². The topological polar surface area (TPSA) is 52.5 Å². The van der Waals surface area contributed by atoms with E-state index in [9.17, 15) is 4.79 Å². The summed E-state index contributed by atoms with van der Waals surface area (Å²) in [5.41, 5.74) is 4.80. The average Bonchev–Trinajstić information content (AvgIpc) is 2.98. The van der Waals surface area contributed by atoms with E-state index < -0.39 is 0 Å². The second-order valence-corrected chi connectivity index (χ2v) is 7.49. The van der Waals surface area contributed by atoms with Gasteiger partial charge in [0.05, 0.1) is 25.6 Å². The fourth-order valence-electron chi connectivity index (χ4n) is 3.21. The minimum Gasteiger partial charge on any atom is -0.493 e. The van der Waals surface area contributed by atoms with Crippen molar-refractivity contribution in [1.29, 1.82) is 0 Å². The maximum atomic E-state index is 12.7. The van der Waals surface area contributed by atoms with E-state index in [4.69, 9.17) is 9.47 Å². The molecule has 30 heavy (non-hydrogen) atoms. The van der Waals surface area contributed by atoms with Crippen LogP contribution in [0.5, 0.6) is 11.5 Å². The van der Waals surface area contributed by atoms with E-state index in [1.807, 2.05) is 36.4 Å². The number of carbonyl (C=O) groups excluding carboxylic acids is 1. The van der Waals surface area contributed by atoms with Crippen molar-refractivity contribution in [2.24, 2.45) is 0 Å². The van der Waals surface area contributed by atoms with E-state index in [1.165, 1.54) is 11.3 Å². The Balaban J connectivity index is 1.46. The largest absolute Gasteiger partial charge is 0.493 e. The number of nitrogens with one attached hydrogen (secondary N) is 1. The molecule has 0 unspecified atom stereocenters. The van der Waals surface area contributed by atoms with Crippen molar-refractivity contribution in [3.8, 4) is 17.2 Å². The van der Waals surface area contributed by atoms with Gasteiger partial charge in [-0.2, -0.15) is 0 Å². The number of hydrogen-bond acceptors (Lipinski definition) is 4. The van der Waals surface area contributed by atoms with Gasteiger partial charge in [0.25, 0.3) is 5.91 Å². The highest BCUT2D eigenvalue weighted by atomic mass is 32.1. The molecular weight excluding hydrogens is 396 g/mol. The molecule has 3 aromatic rings. The third-order valence-electron chi connectivity index (χ3n) is 4.83. The van der Waals surface area contributed by atoms with Gasteiger partial charge in [-0.25, -0.2) is 0 Å². The number of hydrogen-bond donors (Lipinski definition) is 1. The number of amides is 1. The lowest BCUT2D eigenvalue weighted by Crippen LogP contribution is -2.21. The molecule has 1 heterocycles. The van der Waals surface area contributed by atoms with Crippen molar-refractivity contribution in [3.63, 3.8) is 0 Å². The number of rotatable bonds is 6. The number of aromatic nitrogens is 1. The number of para-hydroxylation sites is 1. The molecule has 0 bridgehead atoms. The van der Waals surface area contributed by atoms with Crippen molar-refractivity contribution >= 4 is 23.0 Å². The van der Waals surface area contributed by atoms with E-state index in [1.54, 1.807) is 44.0 Å². The van der Waals surface area contributed by atoms with Gasteiger partial charge in [-0.15, -0.1) is 0 Å². The highest BCUT2D eigenvalue weighted by Gasteiger charge is 2.14. The molecule has 152 valence electrons. The van der Waals surface area contributed by atoms with Gasteiger partial charge >= 0.3 is 0 Å². The first-order valence-electron chi connectivity index (χ1n) is 9.53. The lowest BCUT2D eigenvalue weighted by Gasteiger charge is -2.17. The van der Waals surface area contributed by atoms with E-state index in [0.29, 0.717) is 17.1 Å². The lowest BCUT2D eigenvalue weighted by molar-refractivity contribution is 0.0966. The first kappa shape index (κ1) is 19.8.